The van der Waals surface area contributed by atoms with Crippen LogP contribution in [0.4, 0.5) is 0 Å². The van der Waals surface area contributed by atoms with E-state index in [0.717, 1.165) is 11.1 Å². The van der Waals surface area contributed by atoms with Crippen LogP contribution in [-0.4, -0.2) is 22.9 Å². The monoisotopic (exact) mass is 341 g/mol. The molecule has 6 heteroatoms. The lowest BCUT2D eigenvalue weighted by Crippen LogP contribution is -2.01. The number of ether oxygens (including phenoxy) is 2. The minimum Gasteiger partial charge on any atom is -0.478 e. The first-order chi connectivity index (χ1) is 11.5. The average molecular weight is 342 g/mol. The van der Waals surface area contributed by atoms with Crippen LogP contribution in [0.1, 0.15) is 15.9 Å². The van der Waals surface area contributed by atoms with Gasteiger partial charge in [0.1, 0.15) is 0 Å². The molecule has 4 rings (SSSR count). The van der Waals surface area contributed by atoms with Gasteiger partial charge in [0.15, 0.2) is 11.5 Å². The predicted octanol–water partition coefficient (Wildman–Crippen LogP) is 4.29. The Bertz CT molecular complexity index is 1000. The van der Waals surface area contributed by atoms with Gasteiger partial charge in [-0.2, -0.15) is 0 Å². The number of carbonyl (C=O) groups is 1. The van der Waals surface area contributed by atoms with Crippen LogP contribution in [0.5, 0.6) is 11.5 Å². The van der Waals surface area contributed by atoms with Gasteiger partial charge in [-0.15, -0.1) is 0 Å². The zero-order chi connectivity index (χ0) is 16.8. The van der Waals surface area contributed by atoms with Gasteiger partial charge < -0.3 is 14.6 Å². The van der Waals surface area contributed by atoms with E-state index in [0.29, 0.717) is 33.1 Å². The Morgan fingerprint density at radius 3 is 2.75 bits per heavy atom. The maximum atomic E-state index is 11.7. The van der Waals surface area contributed by atoms with Gasteiger partial charge in [-0.1, -0.05) is 17.7 Å². The summed E-state index contributed by atoms with van der Waals surface area (Å²) in [6, 6.07) is 10.3. The quantitative estimate of drug-likeness (QED) is 0.753. The highest BCUT2D eigenvalue weighted by molar-refractivity contribution is 6.32. The third-order valence-corrected chi connectivity index (χ3v) is 4.48. The molecule has 1 aliphatic rings. The molecule has 1 aromatic heterocycles. The van der Waals surface area contributed by atoms with E-state index < -0.39 is 5.97 Å². The number of fused-ring (bicyclic) bond motifs is 2. The van der Waals surface area contributed by atoms with Gasteiger partial charge in [-0.25, -0.2) is 9.78 Å². The minimum absolute atomic E-state index is 0.180. The molecule has 0 aliphatic carbocycles. The SMILES string of the molecule is Cc1c(Cl)ccc2c(C(=O)O)cc(-c3ccc4c(c3)OCO4)nc12. The van der Waals surface area contributed by atoms with Crippen molar-refractivity contribution in [3.63, 3.8) is 0 Å². The van der Waals surface area contributed by atoms with Gasteiger partial charge in [0.2, 0.25) is 6.79 Å². The molecule has 5 nitrogen and oxygen atoms in total. The van der Waals surface area contributed by atoms with Crippen LogP contribution >= 0.6 is 11.6 Å². The molecule has 0 spiro atoms. The molecule has 0 bridgehead atoms. The fourth-order valence-electron chi connectivity index (χ4n) is 2.78. The van der Waals surface area contributed by atoms with E-state index in [2.05, 4.69) is 4.98 Å². The van der Waals surface area contributed by atoms with Gasteiger partial charge in [-0.05, 0) is 42.8 Å². The van der Waals surface area contributed by atoms with Gasteiger partial charge in [0.25, 0.3) is 0 Å². The first-order valence-corrected chi connectivity index (χ1v) is 7.65. The number of hydrogen-bond donors (Lipinski definition) is 1. The summed E-state index contributed by atoms with van der Waals surface area (Å²) in [5, 5.41) is 10.7. The highest BCUT2D eigenvalue weighted by Gasteiger charge is 2.18. The van der Waals surface area contributed by atoms with Crippen LogP contribution in [0.15, 0.2) is 36.4 Å². The third kappa shape index (κ3) is 2.25. The van der Waals surface area contributed by atoms with Crippen molar-refractivity contribution in [1.82, 2.24) is 4.98 Å². The van der Waals surface area contributed by atoms with E-state index in [1.54, 1.807) is 30.3 Å². The summed E-state index contributed by atoms with van der Waals surface area (Å²) in [6.45, 7) is 2.01. The average Bonchev–Trinajstić information content (AvgIpc) is 3.05. The summed E-state index contributed by atoms with van der Waals surface area (Å²) in [4.78, 5) is 16.3. The van der Waals surface area contributed by atoms with Crippen LogP contribution in [0.3, 0.4) is 0 Å². The van der Waals surface area contributed by atoms with Gasteiger partial charge in [0.05, 0.1) is 16.8 Å². The summed E-state index contributed by atoms with van der Waals surface area (Å²) < 4.78 is 10.7. The predicted molar refractivity (Wildman–Crippen MR) is 90.0 cm³/mol. The maximum Gasteiger partial charge on any atom is 0.336 e. The molecule has 1 aliphatic heterocycles. The summed E-state index contributed by atoms with van der Waals surface area (Å²) in [6.07, 6.45) is 0. The smallest absolute Gasteiger partial charge is 0.336 e. The molecule has 2 heterocycles. The third-order valence-electron chi connectivity index (χ3n) is 4.07. The summed E-state index contributed by atoms with van der Waals surface area (Å²) >= 11 is 6.17. The number of pyridine rings is 1. The molecular formula is C18H12ClNO4. The van der Waals surface area contributed by atoms with Crippen molar-refractivity contribution in [1.29, 1.82) is 0 Å². The molecule has 0 radical (unpaired) electrons. The molecule has 1 N–H and O–H groups in total. The molecule has 0 amide bonds. The molecule has 0 atom stereocenters. The van der Waals surface area contributed by atoms with Crippen molar-refractivity contribution in [3.05, 3.63) is 52.5 Å². The number of benzene rings is 2. The van der Waals surface area contributed by atoms with E-state index >= 15 is 0 Å². The lowest BCUT2D eigenvalue weighted by molar-refractivity contribution is 0.0699. The topological polar surface area (TPSA) is 68.7 Å². The van der Waals surface area contributed by atoms with Gasteiger partial charge in [-0.3, -0.25) is 0 Å². The molecule has 0 unspecified atom stereocenters. The zero-order valence-electron chi connectivity index (χ0n) is 12.7. The molecule has 24 heavy (non-hydrogen) atoms. The highest BCUT2D eigenvalue weighted by atomic mass is 35.5. The Morgan fingerprint density at radius 2 is 1.96 bits per heavy atom. The van der Waals surface area contributed by atoms with Crippen molar-refractivity contribution in [2.75, 3.05) is 6.79 Å². The zero-order valence-corrected chi connectivity index (χ0v) is 13.4. The number of halogens is 1. The van der Waals surface area contributed by atoms with Gasteiger partial charge >= 0.3 is 5.97 Å². The molecule has 3 aromatic rings. The lowest BCUT2D eigenvalue weighted by atomic mass is 10.0. The van der Waals surface area contributed by atoms with Crippen molar-refractivity contribution >= 4 is 28.5 Å². The number of aromatic nitrogens is 1. The number of hydrogen-bond acceptors (Lipinski definition) is 4. The maximum absolute atomic E-state index is 11.7. The number of aromatic carboxylic acids is 1. The first kappa shape index (κ1) is 14.8. The van der Waals surface area contributed by atoms with E-state index in [4.69, 9.17) is 21.1 Å². The standard InChI is InChI=1S/C18H12ClNO4/c1-9-13(19)4-3-11-12(18(21)22)7-14(20-17(9)11)10-2-5-15-16(6-10)24-8-23-15/h2-7H,8H2,1H3,(H,21,22). The second-order valence-electron chi connectivity index (χ2n) is 5.50. The Balaban J connectivity index is 1.99. The van der Waals surface area contributed by atoms with E-state index in [1.165, 1.54) is 0 Å². The van der Waals surface area contributed by atoms with Crippen LogP contribution in [-0.2, 0) is 0 Å². The summed E-state index contributed by atoms with van der Waals surface area (Å²) in [5.41, 5.74) is 2.81. The van der Waals surface area contributed by atoms with Crippen molar-refractivity contribution < 1.29 is 19.4 Å². The van der Waals surface area contributed by atoms with Crippen LogP contribution in [0, 0.1) is 6.92 Å². The molecular weight excluding hydrogens is 330 g/mol. The lowest BCUT2D eigenvalue weighted by Gasteiger charge is -2.10. The van der Waals surface area contributed by atoms with Crippen LogP contribution in [0.2, 0.25) is 5.02 Å². The van der Waals surface area contributed by atoms with E-state index in [9.17, 15) is 9.90 Å². The summed E-state index contributed by atoms with van der Waals surface area (Å²) in [5.74, 6) is 0.275. The number of aryl methyl sites for hydroxylation is 1. The van der Waals surface area contributed by atoms with Crippen molar-refractivity contribution in [3.8, 4) is 22.8 Å². The molecule has 120 valence electrons. The Morgan fingerprint density at radius 1 is 1.17 bits per heavy atom. The second-order valence-corrected chi connectivity index (χ2v) is 5.90. The number of carboxylic acid groups (broad SMARTS) is 1. The largest absolute Gasteiger partial charge is 0.478 e. The van der Waals surface area contributed by atoms with Crippen molar-refractivity contribution in [2.24, 2.45) is 0 Å². The number of carboxylic acids is 1. The molecule has 0 saturated heterocycles. The van der Waals surface area contributed by atoms with Crippen LogP contribution in [0.25, 0.3) is 22.2 Å². The highest BCUT2D eigenvalue weighted by Crippen LogP contribution is 2.37. The number of nitrogens with zero attached hydrogens (tertiary/aromatic N) is 1. The van der Waals surface area contributed by atoms with Crippen molar-refractivity contribution in [2.45, 2.75) is 6.92 Å². The van der Waals surface area contributed by atoms with Crippen LogP contribution < -0.4 is 9.47 Å². The Kier molecular flexibility index (Phi) is 3.32. The Hall–Kier alpha value is -2.79. The van der Waals surface area contributed by atoms with E-state index in [1.807, 2.05) is 13.0 Å². The molecule has 0 fully saturated rings. The van der Waals surface area contributed by atoms with E-state index in [-0.39, 0.29) is 12.4 Å². The Labute approximate surface area is 142 Å². The normalized spacial score (nSPS) is 12.6. The number of rotatable bonds is 2. The molecule has 0 saturated carbocycles. The van der Waals surface area contributed by atoms with Gasteiger partial charge in [0, 0.05) is 16.0 Å². The first-order valence-electron chi connectivity index (χ1n) is 7.28. The second kappa shape index (κ2) is 5.39. The fraction of sp³-hybridized carbons (Fsp3) is 0.111. The minimum atomic E-state index is -1.01. The fourth-order valence-corrected chi connectivity index (χ4v) is 2.94. The summed E-state index contributed by atoms with van der Waals surface area (Å²) in [7, 11) is 0. The molecule has 2 aromatic carbocycles.